The second-order valence-corrected chi connectivity index (χ2v) is 5.20. The van der Waals surface area contributed by atoms with Crippen LogP contribution in [0.25, 0.3) is 0 Å². The van der Waals surface area contributed by atoms with Gasteiger partial charge in [0, 0.05) is 18.5 Å². The highest BCUT2D eigenvalue weighted by Gasteiger charge is 2.27. The fourth-order valence-corrected chi connectivity index (χ4v) is 1.48. The minimum absolute atomic E-state index is 0.0714. The second-order valence-electron chi connectivity index (χ2n) is 5.20. The number of nitrogens with zero attached hydrogens (tertiary/aromatic N) is 3. The Bertz CT molecular complexity index is 491. The van der Waals surface area contributed by atoms with Crippen molar-refractivity contribution in [3.63, 3.8) is 0 Å². The van der Waals surface area contributed by atoms with E-state index in [4.69, 9.17) is 9.26 Å². The van der Waals surface area contributed by atoms with Crippen LogP contribution < -0.4 is 10.1 Å². The average Bonchev–Trinajstić information content (AvgIpc) is 2.93. The molecule has 0 spiro atoms. The van der Waals surface area contributed by atoms with Crippen molar-refractivity contribution in [2.75, 3.05) is 19.7 Å². The summed E-state index contributed by atoms with van der Waals surface area (Å²) in [5.74, 6) is 0.0550. The quantitative estimate of drug-likeness (QED) is 0.846. The van der Waals surface area contributed by atoms with E-state index in [9.17, 15) is 9.59 Å². The van der Waals surface area contributed by atoms with Crippen molar-refractivity contribution < 1.29 is 18.8 Å². The zero-order valence-corrected chi connectivity index (χ0v) is 11.1. The maximum absolute atomic E-state index is 11.7. The minimum Gasteiger partial charge on any atom is -0.439 e. The number of carbonyl (C=O) groups excluding carboxylic acids is 2. The zero-order chi connectivity index (χ0) is 14.0. The van der Waals surface area contributed by atoms with E-state index in [-0.39, 0.29) is 18.1 Å². The van der Waals surface area contributed by atoms with Gasteiger partial charge in [0.1, 0.15) is 0 Å². The van der Waals surface area contributed by atoms with Gasteiger partial charge in [-0.15, -0.1) is 0 Å². The Labute approximate surface area is 110 Å². The molecule has 1 N–H and O–H groups in total. The molecule has 2 heterocycles. The number of ether oxygens (including phenoxy) is 1. The average molecular weight is 268 g/mol. The maximum atomic E-state index is 11.7. The monoisotopic (exact) mass is 268 g/mol. The van der Waals surface area contributed by atoms with Crippen molar-refractivity contribution in [1.82, 2.24) is 20.4 Å². The lowest BCUT2D eigenvalue weighted by Crippen LogP contribution is -2.37. The number of hydrogen-bond donors (Lipinski definition) is 1. The normalized spacial score (nSPS) is 15.5. The molecule has 0 bridgehead atoms. The van der Waals surface area contributed by atoms with Crippen molar-refractivity contribution in [3.8, 4) is 6.08 Å². The van der Waals surface area contributed by atoms with Crippen LogP contribution in [0.15, 0.2) is 4.52 Å². The predicted octanol–water partition coefficient (Wildman–Crippen LogP) is 0.298. The molecule has 2 rings (SSSR count). The molecular weight excluding hydrogens is 252 g/mol. The summed E-state index contributed by atoms with van der Waals surface area (Å²) in [6, 6.07) is -0.408. The Morgan fingerprint density at radius 3 is 2.79 bits per heavy atom. The smallest absolute Gasteiger partial charge is 0.417 e. The summed E-state index contributed by atoms with van der Waals surface area (Å²) < 4.78 is 9.97. The first-order valence-electron chi connectivity index (χ1n) is 5.93. The molecule has 104 valence electrons. The molecule has 1 fully saturated rings. The summed E-state index contributed by atoms with van der Waals surface area (Å²) >= 11 is 0. The van der Waals surface area contributed by atoms with Crippen LogP contribution in [0.1, 0.15) is 26.6 Å². The highest BCUT2D eigenvalue weighted by molar-refractivity contribution is 5.96. The number of amides is 3. The molecule has 8 heteroatoms. The SMILES string of the molecule is CC(C)(C)c1noc(OCC(=O)N2CCNC2=O)n1. The molecule has 1 aliphatic rings. The molecule has 0 atom stereocenters. The number of hydrogen-bond acceptors (Lipinski definition) is 6. The number of rotatable bonds is 3. The summed E-state index contributed by atoms with van der Waals surface area (Å²) in [4.78, 5) is 28.0. The van der Waals surface area contributed by atoms with Crippen molar-refractivity contribution in [2.45, 2.75) is 26.2 Å². The highest BCUT2D eigenvalue weighted by atomic mass is 16.6. The van der Waals surface area contributed by atoms with E-state index in [1.54, 1.807) is 0 Å². The Morgan fingerprint density at radius 2 is 2.26 bits per heavy atom. The van der Waals surface area contributed by atoms with Crippen LogP contribution in [-0.4, -0.2) is 46.7 Å². The first-order chi connectivity index (χ1) is 8.88. The number of aromatic nitrogens is 2. The van der Waals surface area contributed by atoms with Gasteiger partial charge in [-0.3, -0.25) is 14.2 Å². The van der Waals surface area contributed by atoms with Gasteiger partial charge in [-0.25, -0.2) is 4.79 Å². The molecule has 19 heavy (non-hydrogen) atoms. The Balaban J connectivity index is 1.90. The summed E-state index contributed by atoms with van der Waals surface area (Å²) in [5, 5.41) is 6.29. The van der Waals surface area contributed by atoms with Crippen LogP contribution in [-0.2, 0) is 10.2 Å². The summed E-state index contributed by atoms with van der Waals surface area (Å²) in [6.07, 6.45) is -0.0714. The largest absolute Gasteiger partial charge is 0.439 e. The molecular formula is C11H16N4O4. The zero-order valence-electron chi connectivity index (χ0n) is 11.1. The van der Waals surface area contributed by atoms with Crippen LogP contribution in [0, 0.1) is 0 Å². The molecule has 1 aliphatic heterocycles. The fourth-order valence-electron chi connectivity index (χ4n) is 1.48. The third-order valence-corrected chi connectivity index (χ3v) is 2.56. The maximum Gasteiger partial charge on any atom is 0.417 e. The van der Waals surface area contributed by atoms with Crippen LogP contribution in [0.5, 0.6) is 6.08 Å². The number of nitrogens with one attached hydrogen (secondary N) is 1. The molecule has 0 saturated carbocycles. The van der Waals surface area contributed by atoms with Crippen molar-refractivity contribution in [1.29, 1.82) is 0 Å². The predicted molar refractivity (Wildman–Crippen MR) is 63.6 cm³/mol. The van der Waals surface area contributed by atoms with E-state index in [2.05, 4.69) is 15.5 Å². The molecule has 0 aromatic carbocycles. The molecule has 1 aromatic heterocycles. The van der Waals surface area contributed by atoms with Crippen molar-refractivity contribution in [3.05, 3.63) is 5.82 Å². The topological polar surface area (TPSA) is 97.6 Å². The van der Waals surface area contributed by atoms with Gasteiger partial charge in [0.2, 0.25) is 0 Å². The van der Waals surface area contributed by atoms with E-state index < -0.39 is 11.9 Å². The van der Waals surface area contributed by atoms with Gasteiger partial charge in [-0.05, 0) is 0 Å². The number of imide groups is 1. The lowest BCUT2D eigenvalue weighted by atomic mass is 9.96. The van der Waals surface area contributed by atoms with Gasteiger partial charge in [0.15, 0.2) is 12.4 Å². The van der Waals surface area contributed by atoms with Gasteiger partial charge in [0.25, 0.3) is 5.91 Å². The molecule has 1 saturated heterocycles. The second kappa shape index (κ2) is 4.87. The third-order valence-electron chi connectivity index (χ3n) is 2.56. The molecule has 0 unspecified atom stereocenters. The van der Waals surface area contributed by atoms with E-state index in [1.165, 1.54) is 0 Å². The number of carbonyl (C=O) groups is 2. The Morgan fingerprint density at radius 1 is 1.53 bits per heavy atom. The van der Waals surface area contributed by atoms with Crippen LogP contribution in [0.3, 0.4) is 0 Å². The van der Waals surface area contributed by atoms with E-state index in [0.717, 1.165) is 4.90 Å². The van der Waals surface area contributed by atoms with E-state index >= 15 is 0 Å². The van der Waals surface area contributed by atoms with Gasteiger partial charge in [0.05, 0.1) is 0 Å². The van der Waals surface area contributed by atoms with Gasteiger partial charge in [-0.2, -0.15) is 4.98 Å². The Hall–Kier alpha value is -2.12. The summed E-state index contributed by atoms with van der Waals surface area (Å²) in [7, 11) is 0. The fraction of sp³-hybridized carbons (Fsp3) is 0.636. The lowest BCUT2D eigenvalue weighted by molar-refractivity contribution is -0.130. The van der Waals surface area contributed by atoms with E-state index in [1.807, 2.05) is 20.8 Å². The van der Waals surface area contributed by atoms with E-state index in [0.29, 0.717) is 18.9 Å². The first kappa shape index (κ1) is 13.3. The van der Waals surface area contributed by atoms with Crippen LogP contribution in [0.2, 0.25) is 0 Å². The summed E-state index contributed by atoms with van der Waals surface area (Å²) in [6.45, 7) is 6.29. The molecule has 0 radical (unpaired) electrons. The Kier molecular flexibility index (Phi) is 3.41. The molecule has 3 amide bonds. The summed E-state index contributed by atoms with van der Waals surface area (Å²) in [5.41, 5.74) is -0.260. The van der Waals surface area contributed by atoms with Gasteiger partial charge < -0.3 is 10.1 Å². The first-order valence-corrected chi connectivity index (χ1v) is 5.93. The van der Waals surface area contributed by atoms with Crippen LogP contribution >= 0.6 is 0 Å². The molecule has 1 aromatic rings. The van der Waals surface area contributed by atoms with Gasteiger partial charge >= 0.3 is 12.1 Å². The lowest BCUT2D eigenvalue weighted by Gasteiger charge is -2.11. The highest BCUT2D eigenvalue weighted by Crippen LogP contribution is 2.20. The third kappa shape index (κ3) is 3.01. The molecule has 0 aliphatic carbocycles. The van der Waals surface area contributed by atoms with Crippen LogP contribution in [0.4, 0.5) is 4.79 Å². The van der Waals surface area contributed by atoms with Crippen molar-refractivity contribution >= 4 is 11.9 Å². The van der Waals surface area contributed by atoms with Crippen molar-refractivity contribution in [2.24, 2.45) is 0 Å². The standard InChI is InChI=1S/C11H16N4O4/c1-11(2,3)8-13-10(19-14-8)18-6-7(16)15-5-4-12-9(15)17/h4-6H2,1-3H3,(H,12,17). The minimum atomic E-state index is -0.439. The molecule has 8 nitrogen and oxygen atoms in total. The number of urea groups is 1. The van der Waals surface area contributed by atoms with Gasteiger partial charge in [-0.1, -0.05) is 25.9 Å².